The molecule has 0 saturated heterocycles. The van der Waals surface area contributed by atoms with Crippen molar-refractivity contribution in [3.63, 3.8) is 0 Å². The Morgan fingerprint density at radius 3 is 3.05 bits per heavy atom. The Morgan fingerprint density at radius 1 is 1.38 bits per heavy atom. The number of nitrogens with one attached hydrogen (secondary N) is 1. The summed E-state index contributed by atoms with van der Waals surface area (Å²) in [6.45, 7) is 7.19. The third kappa shape index (κ3) is 5.46. The van der Waals surface area contributed by atoms with Gasteiger partial charge < -0.3 is 5.32 Å². The smallest absolute Gasteiger partial charge is 0.0415 e. The molecule has 1 unspecified atom stereocenters. The van der Waals surface area contributed by atoms with Crippen LogP contribution < -0.4 is 5.32 Å². The van der Waals surface area contributed by atoms with E-state index in [4.69, 9.17) is 0 Å². The molecule has 0 spiro atoms. The van der Waals surface area contributed by atoms with Crippen molar-refractivity contribution in [2.75, 3.05) is 12.3 Å². The van der Waals surface area contributed by atoms with Gasteiger partial charge in [-0.3, -0.25) is 0 Å². The number of thiophene rings is 1. The number of aryl methyl sites for hydroxylation is 1. The summed E-state index contributed by atoms with van der Waals surface area (Å²) in [4.78, 5) is 3.23. The fraction of sp³-hybridized carbons (Fsp3) is 0.667. The highest BCUT2D eigenvalue weighted by Crippen LogP contribution is 2.35. The van der Waals surface area contributed by atoms with Gasteiger partial charge in [-0.2, -0.15) is 11.8 Å². The zero-order chi connectivity index (χ0) is 14.9. The van der Waals surface area contributed by atoms with Crippen LogP contribution in [0.5, 0.6) is 0 Å². The Balaban J connectivity index is 1.91. The lowest BCUT2D eigenvalue weighted by molar-refractivity contribution is 0.478. The van der Waals surface area contributed by atoms with Crippen molar-refractivity contribution in [2.45, 2.75) is 63.7 Å². The molecular weight excluding hydrogens is 294 g/mol. The van der Waals surface area contributed by atoms with Gasteiger partial charge in [0, 0.05) is 21.5 Å². The molecule has 1 aliphatic heterocycles. The molecule has 1 aromatic rings. The second kappa shape index (κ2) is 9.70. The average molecular weight is 324 g/mol. The van der Waals surface area contributed by atoms with E-state index >= 15 is 0 Å². The molecule has 0 saturated carbocycles. The van der Waals surface area contributed by atoms with E-state index in [1.807, 2.05) is 6.08 Å². The second-order valence-electron chi connectivity index (χ2n) is 5.83. The molecule has 2 heterocycles. The molecule has 1 aromatic heterocycles. The van der Waals surface area contributed by atoms with E-state index in [2.05, 4.69) is 48.0 Å². The molecule has 1 aliphatic rings. The number of rotatable bonds is 10. The Morgan fingerprint density at radius 2 is 2.29 bits per heavy atom. The Labute approximate surface area is 138 Å². The highest BCUT2D eigenvalue weighted by atomic mass is 32.2. The third-order valence-corrected chi connectivity index (χ3v) is 6.39. The summed E-state index contributed by atoms with van der Waals surface area (Å²) in [6, 6.07) is 3.07. The summed E-state index contributed by atoms with van der Waals surface area (Å²) >= 11 is 4.15. The maximum atomic E-state index is 3.81. The van der Waals surface area contributed by atoms with Crippen LogP contribution in [0.3, 0.4) is 0 Å². The largest absolute Gasteiger partial charge is 0.309 e. The lowest BCUT2D eigenvalue weighted by Gasteiger charge is -2.17. The molecule has 0 amide bonds. The predicted octanol–water partition coefficient (Wildman–Crippen LogP) is 5.71. The van der Waals surface area contributed by atoms with Crippen LogP contribution in [-0.4, -0.2) is 12.3 Å². The first-order valence-electron chi connectivity index (χ1n) is 8.38. The van der Waals surface area contributed by atoms with E-state index in [-0.39, 0.29) is 0 Å². The minimum absolute atomic E-state index is 0.578. The van der Waals surface area contributed by atoms with Crippen LogP contribution in [0, 0.1) is 0 Å². The van der Waals surface area contributed by atoms with E-state index < -0.39 is 0 Å². The van der Waals surface area contributed by atoms with Gasteiger partial charge in [-0.1, -0.05) is 25.8 Å². The minimum atomic E-state index is 0.578. The molecule has 3 heteroatoms. The summed E-state index contributed by atoms with van der Waals surface area (Å²) in [5, 5.41) is 3.77. The normalized spacial score (nSPS) is 15.7. The van der Waals surface area contributed by atoms with Gasteiger partial charge in [0.05, 0.1) is 0 Å². The molecule has 0 fully saturated rings. The highest BCUT2D eigenvalue weighted by molar-refractivity contribution is 7.98. The van der Waals surface area contributed by atoms with Crippen molar-refractivity contribution in [1.82, 2.24) is 5.32 Å². The van der Waals surface area contributed by atoms with Crippen LogP contribution in [0.1, 0.15) is 66.8 Å². The number of hydrogen-bond acceptors (Lipinski definition) is 3. The molecule has 1 atom stereocenters. The van der Waals surface area contributed by atoms with Crippen LogP contribution in [0.15, 0.2) is 18.7 Å². The van der Waals surface area contributed by atoms with Gasteiger partial charge in [0.25, 0.3) is 0 Å². The quantitative estimate of drug-likeness (QED) is 0.437. The highest BCUT2D eigenvalue weighted by Gasteiger charge is 2.18. The number of allylic oxidation sites excluding steroid dienone is 1. The average Bonchev–Trinajstić information content (AvgIpc) is 2.93. The van der Waals surface area contributed by atoms with Crippen LogP contribution >= 0.6 is 23.1 Å². The van der Waals surface area contributed by atoms with Gasteiger partial charge in [-0.05, 0) is 56.0 Å². The lowest BCUT2D eigenvalue weighted by atomic mass is 10.0. The van der Waals surface area contributed by atoms with Gasteiger partial charge in [0.2, 0.25) is 0 Å². The number of thioether (sulfide) groups is 1. The maximum absolute atomic E-state index is 3.81. The summed E-state index contributed by atoms with van der Waals surface area (Å²) < 4.78 is 0. The van der Waals surface area contributed by atoms with Crippen molar-refractivity contribution in [3.8, 4) is 0 Å². The maximum Gasteiger partial charge on any atom is 0.0415 e. The van der Waals surface area contributed by atoms with Crippen LogP contribution in [0.4, 0.5) is 0 Å². The van der Waals surface area contributed by atoms with Crippen molar-refractivity contribution < 1.29 is 0 Å². The number of unbranched alkanes of at least 4 members (excludes halogenated alkanes) is 3. The Hall–Kier alpha value is -0.250. The first-order chi connectivity index (χ1) is 10.3. The molecule has 0 radical (unpaired) electrons. The lowest BCUT2D eigenvalue weighted by Crippen LogP contribution is -2.21. The molecule has 2 rings (SSSR count). The van der Waals surface area contributed by atoms with Crippen molar-refractivity contribution >= 4 is 23.1 Å². The first kappa shape index (κ1) is 17.1. The molecule has 1 nitrogen and oxygen atoms in total. The third-order valence-electron chi connectivity index (χ3n) is 4.03. The monoisotopic (exact) mass is 323 g/mol. The van der Waals surface area contributed by atoms with E-state index in [0.29, 0.717) is 6.04 Å². The van der Waals surface area contributed by atoms with E-state index in [9.17, 15) is 0 Å². The van der Waals surface area contributed by atoms with Crippen LogP contribution in [0.2, 0.25) is 0 Å². The molecule has 0 bridgehead atoms. The summed E-state index contributed by atoms with van der Waals surface area (Å²) in [7, 11) is 0. The Bertz CT molecular complexity index is 401. The zero-order valence-electron chi connectivity index (χ0n) is 13.3. The van der Waals surface area contributed by atoms with E-state index in [1.54, 1.807) is 15.3 Å². The van der Waals surface area contributed by atoms with Crippen molar-refractivity contribution in [1.29, 1.82) is 0 Å². The minimum Gasteiger partial charge on any atom is -0.309 e. The molecule has 0 aromatic carbocycles. The van der Waals surface area contributed by atoms with Crippen molar-refractivity contribution in [2.24, 2.45) is 0 Å². The molecule has 1 N–H and O–H groups in total. The standard InChI is InChI=1S/C18H29NS2/c1-3-5-6-7-8-9-16(19-11-4-2)18-13-15-14-20-12-10-17(15)21-18/h3,13,16,19H,1,4-12,14H2,2H3. The summed E-state index contributed by atoms with van der Waals surface area (Å²) in [5.41, 5.74) is 1.61. The zero-order valence-corrected chi connectivity index (χ0v) is 15.0. The number of hydrogen-bond donors (Lipinski definition) is 1. The SMILES string of the molecule is C=CCCCCCC(NCCC)c1cc2c(s1)CCSC2. The fourth-order valence-electron chi connectivity index (χ4n) is 2.82. The van der Waals surface area contributed by atoms with Gasteiger partial charge in [0.1, 0.15) is 0 Å². The molecule has 118 valence electrons. The molecule has 0 aliphatic carbocycles. The van der Waals surface area contributed by atoms with Crippen LogP contribution in [-0.2, 0) is 12.2 Å². The Kier molecular flexibility index (Phi) is 7.91. The van der Waals surface area contributed by atoms with Crippen LogP contribution in [0.25, 0.3) is 0 Å². The number of fused-ring (bicyclic) bond motifs is 1. The predicted molar refractivity (Wildman–Crippen MR) is 98.5 cm³/mol. The van der Waals surface area contributed by atoms with Gasteiger partial charge in [0.15, 0.2) is 0 Å². The van der Waals surface area contributed by atoms with Gasteiger partial charge in [-0.15, -0.1) is 17.9 Å². The second-order valence-corrected chi connectivity index (χ2v) is 8.11. The van der Waals surface area contributed by atoms with Crippen molar-refractivity contribution in [3.05, 3.63) is 34.0 Å². The van der Waals surface area contributed by atoms with Gasteiger partial charge >= 0.3 is 0 Å². The summed E-state index contributed by atoms with van der Waals surface area (Å²) in [6.07, 6.45) is 10.9. The van der Waals surface area contributed by atoms with E-state index in [0.717, 1.165) is 13.0 Å². The summed E-state index contributed by atoms with van der Waals surface area (Å²) in [5.74, 6) is 2.53. The fourth-order valence-corrected chi connectivity index (χ4v) is 5.31. The van der Waals surface area contributed by atoms with Gasteiger partial charge in [-0.25, -0.2) is 0 Å². The molecule has 21 heavy (non-hydrogen) atoms. The topological polar surface area (TPSA) is 12.0 Å². The van der Waals surface area contributed by atoms with E-state index in [1.165, 1.54) is 50.0 Å². The molecular formula is C18H29NS2. The first-order valence-corrected chi connectivity index (χ1v) is 10.4.